The van der Waals surface area contributed by atoms with Gasteiger partial charge in [-0.3, -0.25) is 28.8 Å². The average molecular weight is 1200 g/mol. The third kappa shape index (κ3) is 23.7. The second-order valence-corrected chi connectivity index (χ2v) is 25.8. The fraction of sp³-hybridized carbons (Fsp3) is 0.804. The Labute approximate surface area is 495 Å². The Morgan fingerprint density at radius 3 is 1.93 bits per heavy atom. The van der Waals surface area contributed by atoms with Crippen LogP contribution in [0.4, 0.5) is 0 Å². The number of rotatable bonds is 42. The zero-order valence-electron chi connectivity index (χ0n) is 50.5. The lowest BCUT2D eigenvalue weighted by Gasteiger charge is -2.42. The molecule has 1 saturated heterocycles. The first kappa shape index (κ1) is 74.5. The Bertz CT molecular complexity index is 2130. The Balaban J connectivity index is 2.59. The molecule has 0 bridgehead atoms. The van der Waals surface area contributed by atoms with Gasteiger partial charge in [-0.15, -0.1) is 0 Å². The molecule has 7 unspecified atom stereocenters. The molecule has 1 amide bonds. The van der Waals surface area contributed by atoms with Crippen LogP contribution in [-0.2, 0) is 61.9 Å². The molecule has 0 aromatic carbocycles. The van der Waals surface area contributed by atoms with Gasteiger partial charge in [0.05, 0.1) is 55.4 Å². The SMILES string of the molecule is CCCCOC(=O)C(C)(CC(C)(CCC)C(=O)O)CC(C)(C[B]C(C)(CC(C)(C[B]C(C)(CC)C(=O)OCCOCCO[C@@H]1O[C@H](CO)[C@H](O)[C@H](O)[C@H]1O)C(=O)NCC(C)O)C(=O)OCCSSc1ccccn1)C(=O)OCCN(C)C. The van der Waals surface area contributed by atoms with Crippen LogP contribution in [0.25, 0.3) is 0 Å². The van der Waals surface area contributed by atoms with Crippen LogP contribution >= 0.6 is 21.6 Å². The zero-order chi connectivity index (χ0) is 62.0. The molecule has 1 aliphatic rings. The predicted octanol–water partition coefficient (Wildman–Crippen LogP) is 4.78. The molecule has 82 heavy (non-hydrogen) atoms. The van der Waals surface area contributed by atoms with E-state index in [1.807, 2.05) is 45.0 Å². The molecule has 12 atom stereocenters. The number of aromatic nitrogens is 1. The summed E-state index contributed by atoms with van der Waals surface area (Å²) in [5, 5.41) is 61.3. The van der Waals surface area contributed by atoms with Gasteiger partial charge in [0.25, 0.3) is 0 Å². The topological polar surface area (TPSA) is 317 Å². The van der Waals surface area contributed by atoms with Crippen molar-refractivity contribution in [2.24, 2.45) is 21.7 Å². The Morgan fingerprint density at radius 2 is 1.33 bits per heavy atom. The molecule has 1 aliphatic heterocycles. The number of nitrogens with one attached hydrogen (secondary N) is 1. The Morgan fingerprint density at radius 1 is 0.732 bits per heavy atom. The van der Waals surface area contributed by atoms with E-state index >= 15 is 0 Å². The van der Waals surface area contributed by atoms with Gasteiger partial charge in [0.1, 0.15) is 63.8 Å². The molecule has 7 N–H and O–H groups in total. The number of carbonyl (C=O) groups is 6. The van der Waals surface area contributed by atoms with Crippen LogP contribution in [-0.4, -0.2) is 213 Å². The number of esters is 4. The summed E-state index contributed by atoms with van der Waals surface area (Å²) in [5.41, 5.74) is -6.12. The first-order chi connectivity index (χ1) is 38.4. The van der Waals surface area contributed by atoms with Crippen molar-refractivity contribution in [2.75, 3.05) is 85.8 Å². The minimum Gasteiger partial charge on any atom is -0.481 e. The van der Waals surface area contributed by atoms with Crippen LogP contribution < -0.4 is 5.32 Å². The smallest absolute Gasteiger partial charge is 0.311 e. The van der Waals surface area contributed by atoms with E-state index in [0.717, 1.165) is 11.4 Å². The van der Waals surface area contributed by atoms with E-state index < -0.39 is 111 Å². The lowest BCUT2D eigenvalue weighted by molar-refractivity contribution is -0.302. The van der Waals surface area contributed by atoms with Gasteiger partial charge in [-0.05, 0) is 103 Å². The second kappa shape index (κ2) is 35.8. The number of likely N-dealkylation sites (N-methyl/N-ethyl adjacent to an activating group) is 1. The van der Waals surface area contributed by atoms with Crippen LogP contribution in [0.15, 0.2) is 29.4 Å². The van der Waals surface area contributed by atoms with Gasteiger partial charge >= 0.3 is 29.8 Å². The predicted molar refractivity (Wildman–Crippen MR) is 312 cm³/mol. The number of unbranched alkanes of at least 4 members (excludes halogenated alkanes) is 1. The van der Waals surface area contributed by atoms with Crippen LogP contribution in [0.5, 0.6) is 0 Å². The van der Waals surface area contributed by atoms with E-state index in [2.05, 4.69) is 10.3 Å². The Kier molecular flexibility index (Phi) is 32.5. The quantitative estimate of drug-likeness (QED) is 0.0152. The van der Waals surface area contributed by atoms with Gasteiger partial charge in [-0.2, -0.15) is 0 Å². The zero-order valence-corrected chi connectivity index (χ0v) is 52.1. The summed E-state index contributed by atoms with van der Waals surface area (Å²) in [6.45, 7) is 15.8. The van der Waals surface area contributed by atoms with Gasteiger partial charge in [-0.1, -0.05) is 83.9 Å². The molecule has 22 nitrogen and oxygen atoms in total. The number of pyridine rings is 1. The highest BCUT2D eigenvalue weighted by molar-refractivity contribution is 8.76. The number of hydrogen-bond donors (Lipinski definition) is 7. The molecule has 2 radical (unpaired) electrons. The first-order valence-electron chi connectivity index (χ1n) is 28.4. The van der Waals surface area contributed by atoms with Crippen LogP contribution in [0.1, 0.15) is 121 Å². The molecule has 26 heteroatoms. The van der Waals surface area contributed by atoms with Crippen molar-refractivity contribution < 1.29 is 92.6 Å². The summed E-state index contributed by atoms with van der Waals surface area (Å²) in [6.07, 6.45) is -5.36. The lowest BCUT2D eigenvalue weighted by atomic mass is 9.40. The minimum atomic E-state index is -1.70. The number of carboxylic acids is 1. The van der Waals surface area contributed by atoms with E-state index in [-0.39, 0.29) is 97.5 Å². The minimum absolute atomic E-state index is 0.0260. The maximum absolute atomic E-state index is 14.9. The van der Waals surface area contributed by atoms with Crippen molar-refractivity contribution in [2.45, 2.75) is 186 Å². The van der Waals surface area contributed by atoms with Gasteiger partial charge in [-0.25, -0.2) is 4.98 Å². The van der Waals surface area contributed by atoms with E-state index in [4.69, 9.17) is 33.2 Å². The van der Waals surface area contributed by atoms with Crippen LogP contribution in [0.3, 0.4) is 0 Å². The van der Waals surface area contributed by atoms with Gasteiger partial charge in [0.15, 0.2) is 6.29 Å². The van der Waals surface area contributed by atoms with Gasteiger partial charge < -0.3 is 74.0 Å². The summed E-state index contributed by atoms with van der Waals surface area (Å²) in [4.78, 5) is 91.8. The molecular formula is C56H95B2N3O19S2. The highest BCUT2D eigenvalue weighted by atomic mass is 33.1. The number of aliphatic hydroxyl groups is 5. The number of aliphatic hydroxyl groups excluding tert-OH is 5. The van der Waals surface area contributed by atoms with Crippen LogP contribution in [0.2, 0.25) is 23.3 Å². The number of nitrogens with zero attached hydrogens (tertiary/aromatic N) is 2. The number of carbonyl (C=O) groups excluding carboxylic acids is 5. The highest BCUT2D eigenvalue weighted by Gasteiger charge is 2.54. The molecule has 466 valence electrons. The highest BCUT2D eigenvalue weighted by Crippen LogP contribution is 2.51. The molecule has 1 aromatic rings. The maximum Gasteiger partial charge on any atom is 0.311 e. The number of hydrogen-bond acceptors (Lipinski definition) is 22. The van der Waals surface area contributed by atoms with Crippen molar-refractivity contribution in [3.63, 3.8) is 0 Å². The summed E-state index contributed by atoms with van der Waals surface area (Å²) in [6, 6.07) is 5.49. The second-order valence-electron chi connectivity index (χ2n) is 23.3. The molecule has 1 aromatic heterocycles. The molecule has 1 fully saturated rings. The molecular weight excluding hydrogens is 1100 g/mol. The summed E-state index contributed by atoms with van der Waals surface area (Å²) < 4.78 is 39.8. The lowest BCUT2D eigenvalue weighted by Crippen LogP contribution is -2.59. The van der Waals surface area contributed by atoms with Crippen molar-refractivity contribution in [3.8, 4) is 0 Å². The number of amides is 1. The summed E-state index contributed by atoms with van der Waals surface area (Å²) in [7, 11) is 9.68. The van der Waals surface area contributed by atoms with E-state index in [1.165, 1.54) is 28.5 Å². The van der Waals surface area contributed by atoms with Gasteiger partial charge in [0, 0.05) is 41.1 Å². The summed E-state index contributed by atoms with van der Waals surface area (Å²) in [5.74, 6) is -4.11. The third-order valence-electron chi connectivity index (χ3n) is 14.9. The maximum atomic E-state index is 14.9. The molecule has 0 spiro atoms. The fourth-order valence-electron chi connectivity index (χ4n) is 9.69. The summed E-state index contributed by atoms with van der Waals surface area (Å²) >= 11 is 0. The van der Waals surface area contributed by atoms with E-state index in [0.29, 0.717) is 25.1 Å². The van der Waals surface area contributed by atoms with E-state index in [9.17, 15) is 59.4 Å². The number of carboxylic acid groups (broad SMARTS) is 1. The standard InChI is InChI=1S/C56H95B2N3O19S2/c1-13-16-23-76-47(70)52(6,33-51(5,20-14-2)46(68)69)34-54(8,48(71)77-24-22-61(11)12)37-58-56(10,50(73)79-29-30-81-82-40-19-17-18-21-59-40)35-53(7,45(67)60-31-38(4)63)36-57-55(9,15-3)49(72)78-28-26-74-25-27-75-44-43(66)42(65)41(64)39(32-62)80-44/h17-19,21,38-39,41-44,62-66H,13-16,20,22-37H2,1-12H3,(H,60,67)(H,68,69)/t38?,39-,41+,42+,43-,44-,51?,52?,53?,54?,55?,56?/m1/s1. The third-order valence-corrected chi connectivity index (χ3v) is 17.1. The largest absolute Gasteiger partial charge is 0.481 e. The van der Waals surface area contributed by atoms with Crippen LogP contribution in [0, 0.1) is 21.7 Å². The van der Waals surface area contributed by atoms with Gasteiger partial charge in [0.2, 0.25) is 5.91 Å². The van der Waals surface area contributed by atoms with Crippen molar-refractivity contribution in [1.82, 2.24) is 15.2 Å². The van der Waals surface area contributed by atoms with Crippen molar-refractivity contribution in [1.29, 1.82) is 0 Å². The monoisotopic (exact) mass is 1200 g/mol. The first-order valence-corrected chi connectivity index (χ1v) is 30.7. The van der Waals surface area contributed by atoms with Crippen molar-refractivity contribution >= 4 is 71.9 Å². The number of aliphatic carboxylic acids is 1. The fourth-order valence-corrected chi connectivity index (χ4v) is 11.4. The Hall–Kier alpha value is -3.56. The normalized spacial score (nSPS) is 22.0. The number of ether oxygens (including phenoxy) is 7. The molecule has 2 rings (SSSR count). The van der Waals surface area contributed by atoms with E-state index in [1.54, 1.807) is 75.3 Å². The molecule has 2 heterocycles. The molecule has 0 aliphatic carbocycles. The molecule has 0 saturated carbocycles. The van der Waals surface area contributed by atoms with Crippen molar-refractivity contribution in [3.05, 3.63) is 24.4 Å². The average Bonchev–Trinajstić information content (AvgIpc) is 3.62.